The van der Waals surface area contributed by atoms with Crippen molar-refractivity contribution in [1.82, 2.24) is 4.90 Å². The molecule has 2 atom stereocenters. The summed E-state index contributed by atoms with van der Waals surface area (Å²) in [6.45, 7) is 3.76. The second-order valence-corrected chi connectivity index (χ2v) is 8.17. The molecule has 3 aliphatic heterocycles. The third-order valence-corrected chi connectivity index (χ3v) is 5.94. The Morgan fingerprint density at radius 3 is 2.59 bits per heavy atom. The Balaban J connectivity index is 1.32. The average Bonchev–Trinajstić information content (AvgIpc) is 3.30. The van der Waals surface area contributed by atoms with E-state index in [2.05, 4.69) is 5.32 Å². The van der Waals surface area contributed by atoms with Crippen LogP contribution in [-0.4, -0.2) is 55.2 Å². The number of anilines is 1. The van der Waals surface area contributed by atoms with Crippen LogP contribution in [-0.2, 0) is 25.2 Å². The second-order valence-electron chi connectivity index (χ2n) is 8.17. The van der Waals surface area contributed by atoms with E-state index in [1.165, 1.54) is 13.0 Å². The maximum absolute atomic E-state index is 12.8. The van der Waals surface area contributed by atoms with Gasteiger partial charge in [0.15, 0.2) is 0 Å². The molecule has 1 spiro atoms. The van der Waals surface area contributed by atoms with Crippen LogP contribution in [0.25, 0.3) is 0 Å². The molecule has 29 heavy (non-hydrogen) atoms. The summed E-state index contributed by atoms with van der Waals surface area (Å²) in [6, 6.07) is 3.25. The Bertz CT molecular complexity index is 814. The Morgan fingerprint density at radius 1 is 1.21 bits per heavy atom. The fourth-order valence-electron chi connectivity index (χ4n) is 4.24. The Hall–Kier alpha value is -2.13. The lowest BCUT2D eigenvalue weighted by Crippen LogP contribution is -2.64. The highest BCUT2D eigenvalue weighted by Crippen LogP contribution is 2.39. The summed E-state index contributed by atoms with van der Waals surface area (Å²) in [6.07, 6.45) is -3.19. The molecule has 158 valence electrons. The van der Waals surface area contributed by atoms with Gasteiger partial charge in [-0.15, -0.1) is 0 Å². The van der Waals surface area contributed by atoms with Gasteiger partial charge in [0, 0.05) is 12.3 Å². The fraction of sp³-hybridized carbons (Fsp3) is 0.600. The van der Waals surface area contributed by atoms with E-state index in [0.29, 0.717) is 44.0 Å². The van der Waals surface area contributed by atoms with E-state index in [-0.39, 0.29) is 24.3 Å². The van der Waals surface area contributed by atoms with Crippen LogP contribution in [0.3, 0.4) is 0 Å². The number of hydrogen-bond acceptors (Lipinski definition) is 4. The molecular formula is C20H23F3N2O4. The highest BCUT2D eigenvalue weighted by molar-refractivity contribution is 5.93. The molecule has 0 saturated carbocycles. The molecule has 3 heterocycles. The van der Waals surface area contributed by atoms with Crippen LogP contribution in [0.4, 0.5) is 18.9 Å². The second kappa shape index (κ2) is 7.28. The number of hydrogen-bond donors (Lipinski definition) is 1. The molecule has 4 rings (SSSR count). The lowest BCUT2D eigenvalue weighted by atomic mass is 9.85. The molecule has 3 aliphatic rings. The number of rotatable bonds is 3. The Morgan fingerprint density at radius 2 is 1.97 bits per heavy atom. The summed E-state index contributed by atoms with van der Waals surface area (Å²) in [5.41, 5.74) is -0.536. The highest BCUT2D eigenvalue weighted by Gasteiger charge is 2.53. The summed E-state index contributed by atoms with van der Waals surface area (Å²) < 4.78 is 49.5. The monoisotopic (exact) mass is 412 g/mol. The molecule has 2 unspecified atom stereocenters. The van der Waals surface area contributed by atoms with Crippen molar-refractivity contribution in [2.75, 3.05) is 38.2 Å². The number of carbonyl (C=O) groups excluding carboxylic acids is 2. The smallest absolute Gasteiger partial charge is 0.381 e. The minimum absolute atomic E-state index is 0.0741. The van der Waals surface area contributed by atoms with Gasteiger partial charge in [-0.25, -0.2) is 0 Å². The number of nitrogens with one attached hydrogen (secondary N) is 1. The van der Waals surface area contributed by atoms with Gasteiger partial charge < -0.3 is 19.7 Å². The zero-order chi connectivity index (χ0) is 20.8. The molecule has 2 amide bonds. The highest BCUT2D eigenvalue weighted by atomic mass is 19.4. The van der Waals surface area contributed by atoms with E-state index in [0.717, 1.165) is 18.6 Å². The molecule has 1 N–H and O–H groups in total. The van der Waals surface area contributed by atoms with Crippen molar-refractivity contribution in [1.29, 1.82) is 0 Å². The number of likely N-dealkylation sites (tertiary alicyclic amines) is 1. The van der Waals surface area contributed by atoms with Gasteiger partial charge in [-0.05, 0) is 43.5 Å². The van der Waals surface area contributed by atoms with E-state index in [1.807, 2.05) is 0 Å². The third-order valence-electron chi connectivity index (χ3n) is 5.94. The molecule has 0 aromatic heterocycles. The average molecular weight is 412 g/mol. The van der Waals surface area contributed by atoms with Crippen molar-refractivity contribution in [2.24, 2.45) is 11.8 Å². The first kappa shape index (κ1) is 20.2. The molecule has 1 aromatic carbocycles. The molecule has 6 nitrogen and oxygen atoms in total. The number of carbonyl (C=O) groups is 2. The van der Waals surface area contributed by atoms with E-state index >= 15 is 0 Å². The van der Waals surface area contributed by atoms with Gasteiger partial charge in [0.1, 0.15) is 5.60 Å². The van der Waals surface area contributed by atoms with Crippen LogP contribution in [0.5, 0.6) is 0 Å². The van der Waals surface area contributed by atoms with Crippen LogP contribution in [0.15, 0.2) is 18.2 Å². The number of aryl methyl sites for hydroxylation is 1. The Kier molecular flexibility index (Phi) is 5.06. The number of ether oxygens (including phenoxy) is 2. The molecule has 3 fully saturated rings. The van der Waals surface area contributed by atoms with E-state index in [4.69, 9.17) is 9.47 Å². The zero-order valence-corrected chi connectivity index (χ0v) is 16.1. The van der Waals surface area contributed by atoms with Gasteiger partial charge in [0.25, 0.3) is 0 Å². The van der Waals surface area contributed by atoms with Crippen LogP contribution < -0.4 is 5.32 Å². The zero-order valence-electron chi connectivity index (χ0n) is 16.1. The largest absolute Gasteiger partial charge is 0.416 e. The van der Waals surface area contributed by atoms with Crippen molar-refractivity contribution in [3.05, 3.63) is 29.3 Å². The molecular weight excluding hydrogens is 389 g/mol. The van der Waals surface area contributed by atoms with Crippen molar-refractivity contribution in [3.63, 3.8) is 0 Å². The SMILES string of the molecule is Cc1cc(C(F)(F)F)ccc1NC(=O)C1COC2(C1)CN(C(=O)C1CCOC1)C2. The van der Waals surface area contributed by atoms with Gasteiger partial charge >= 0.3 is 6.18 Å². The lowest BCUT2D eigenvalue weighted by Gasteiger charge is -2.47. The summed E-state index contributed by atoms with van der Waals surface area (Å²) in [4.78, 5) is 26.7. The van der Waals surface area contributed by atoms with Crippen LogP contribution >= 0.6 is 0 Å². The summed E-state index contributed by atoms with van der Waals surface area (Å²) in [5.74, 6) is -0.692. The maximum atomic E-state index is 12.8. The van der Waals surface area contributed by atoms with Crippen molar-refractivity contribution in [2.45, 2.75) is 31.5 Å². The molecule has 0 aliphatic carbocycles. The first-order chi connectivity index (χ1) is 13.7. The number of alkyl halides is 3. The normalized spacial score (nSPS) is 25.9. The summed E-state index contributed by atoms with van der Waals surface area (Å²) in [7, 11) is 0. The Labute approximate surface area is 166 Å². The predicted molar refractivity (Wildman–Crippen MR) is 97.1 cm³/mol. The summed E-state index contributed by atoms with van der Waals surface area (Å²) >= 11 is 0. The van der Waals surface area contributed by atoms with Crippen LogP contribution in [0, 0.1) is 18.8 Å². The van der Waals surface area contributed by atoms with Gasteiger partial charge in [-0.3, -0.25) is 9.59 Å². The van der Waals surface area contributed by atoms with E-state index in [1.54, 1.807) is 4.90 Å². The van der Waals surface area contributed by atoms with Gasteiger partial charge in [0.05, 0.1) is 43.7 Å². The molecule has 9 heteroatoms. The lowest BCUT2D eigenvalue weighted by molar-refractivity contribution is -0.161. The molecule has 1 aromatic rings. The van der Waals surface area contributed by atoms with Crippen molar-refractivity contribution in [3.8, 4) is 0 Å². The van der Waals surface area contributed by atoms with E-state index < -0.39 is 23.3 Å². The molecule has 0 radical (unpaired) electrons. The minimum Gasteiger partial charge on any atom is -0.381 e. The van der Waals surface area contributed by atoms with Crippen molar-refractivity contribution >= 4 is 17.5 Å². The third kappa shape index (κ3) is 3.98. The quantitative estimate of drug-likeness (QED) is 0.829. The number of halogens is 3. The topological polar surface area (TPSA) is 67.9 Å². The van der Waals surface area contributed by atoms with Crippen LogP contribution in [0.2, 0.25) is 0 Å². The minimum atomic E-state index is -4.42. The fourth-order valence-corrected chi connectivity index (χ4v) is 4.24. The van der Waals surface area contributed by atoms with Gasteiger partial charge in [0.2, 0.25) is 11.8 Å². The molecule has 3 saturated heterocycles. The first-order valence-corrected chi connectivity index (χ1v) is 9.66. The maximum Gasteiger partial charge on any atom is 0.416 e. The summed E-state index contributed by atoms with van der Waals surface area (Å²) in [5, 5.41) is 2.71. The van der Waals surface area contributed by atoms with Gasteiger partial charge in [-0.2, -0.15) is 13.2 Å². The van der Waals surface area contributed by atoms with E-state index in [9.17, 15) is 22.8 Å². The standard InChI is InChI=1S/C20H23F3N2O4/c1-12-6-15(20(21,22)23)2-3-16(12)24-17(26)14-7-19(29-9-14)10-25(11-19)18(27)13-4-5-28-8-13/h2-3,6,13-14H,4-5,7-11H2,1H3,(H,24,26). The predicted octanol–water partition coefficient (Wildman–Crippen LogP) is 2.61. The van der Waals surface area contributed by atoms with Gasteiger partial charge in [-0.1, -0.05) is 0 Å². The first-order valence-electron chi connectivity index (χ1n) is 9.66. The molecule has 0 bridgehead atoms. The van der Waals surface area contributed by atoms with Crippen LogP contribution in [0.1, 0.15) is 24.0 Å². The number of amides is 2. The number of nitrogens with zero attached hydrogens (tertiary/aromatic N) is 1. The van der Waals surface area contributed by atoms with Crippen molar-refractivity contribution < 1.29 is 32.2 Å². The number of benzene rings is 1.